The van der Waals surface area contributed by atoms with Crippen molar-refractivity contribution in [2.75, 3.05) is 18.5 Å². The monoisotopic (exact) mass is 502 g/mol. The summed E-state index contributed by atoms with van der Waals surface area (Å²) < 4.78 is 10.3. The SMILES string of the molecule is CCOC(=O)c1sc(NC(=O)c2cc(-c3ccc(C)cc3)nc3ccccc23)c(C(=O)OCC)c1C. The Balaban J connectivity index is 1.80. The van der Waals surface area contributed by atoms with Crippen molar-refractivity contribution in [3.63, 3.8) is 0 Å². The van der Waals surface area contributed by atoms with Crippen molar-refractivity contribution in [1.29, 1.82) is 0 Å². The van der Waals surface area contributed by atoms with Gasteiger partial charge in [0.05, 0.1) is 35.6 Å². The number of benzene rings is 2. The average Bonchev–Trinajstić information content (AvgIpc) is 3.19. The number of carbonyl (C=O) groups excluding carboxylic acids is 3. The van der Waals surface area contributed by atoms with Crippen LogP contribution in [0.3, 0.4) is 0 Å². The molecule has 0 aliphatic carbocycles. The normalized spacial score (nSPS) is 10.8. The topological polar surface area (TPSA) is 94.6 Å². The van der Waals surface area contributed by atoms with E-state index in [0.717, 1.165) is 22.5 Å². The van der Waals surface area contributed by atoms with Crippen LogP contribution in [0.5, 0.6) is 0 Å². The number of hydrogen-bond donors (Lipinski definition) is 1. The van der Waals surface area contributed by atoms with E-state index in [4.69, 9.17) is 14.5 Å². The van der Waals surface area contributed by atoms with Gasteiger partial charge in [-0.2, -0.15) is 0 Å². The van der Waals surface area contributed by atoms with Crippen LogP contribution in [0.1, 0.15) is 55.4 Å². The molecule has 0 spiro atoms. The van der Waals surface area contributed by atoms with Crippen LogP contribution in [-0.2, 0) is 9.47 Å². The first kappa shape index (κ1) is 25.1. The third kappa shape index (κ3) is 4.99. The number of rotatable bonds is 7. The smallest absolute Gasteiger partial charge is 0.348 e. The number of ether oxygens (including phenoxy) is 2. The molecule has 0 bridgehead atoms. The van der Waals surface area contributed by atoms with Crippen LogP contribution >= 0.6 is 11.3 Å². The zero-order valence-electron chi connectivity index (χ0n) is 20.5. The molecule has 1 N–H and O–H groups in total. The van der Waals surface area contributed by atoms with E-state index >= 15 is 0 Å². The lowest BCUT2D eigenvalue weighted by atomic mass is 10.0. The number of nitrogens with one attached hydrogen (secondary N) is 1. The van der Waals surface area contributed by atoms with Crippen LogP contribution in [0.25, 0.3) is 22.2 Å². The van der Waals surface area contributed by atoms with Gasteiger partial charge in [-0.3, -0.25) is 4.79 Å². The first-order valence-corrected chi connectivity index (χ1v) is 12.4. The first-order valence-electron chi connectivity index (χ1n) is 11.6. The van der Waals surface area contributed by atoms with Crippen LogP contribution in [-0.4, -0.2) is 36.0 Å². The molecule has 2 heterocycles. The number of hydrogen-bond acceptors (Lipinski definition) is 7. The van der Waals surface area contributed by atoms with Crippen molar-refractivity contribution >= 4 is 45.1 Å². The Hall–Kier alpha value is -4.04. The molecule has 0 atom stereocenters. The van der Waals surface area contributed by atoms with Crippen molar-refractivity contribution in [3.8, 4) is 11.3 Å². The number of esters is 2. The maximum absolute atomic E-state index is 13.6. The molecule has 1 amide bonds. The first-order chi connectivity index (χ1) is 17.3. The van der Waals surface area contributed by atoms with Gasteiger partial charge in [-0.1, -0.05) is 48.0 Å². The number of aromatic nitrogens is 1. The van der Waals surface area contributed by atoms with Gasteiger partial charge < -0.3 is 14.8 Å². The number of para-hydroxylation sites is 1. The Labute approximate surface area is 213 Å². The van der Waals surface area contributed by atoms with E-state index in [1.165, 1.54) is 0 Å². The molecule has 8 heteroatoms. The van der Waals surface area contributed by atoms with Crippen LogP contribution in [0.15, 0.2) is 54.6 Å². The number of carbonyl (C=O) groups is 3. The van der Waals surface area contributed by atoms with Gasteiger partial charge in [-0.05, 0) is 45.4 Å². The minimum atomic E-state index is -0.614. The van der Waals surface area contributed by atoms with Crippen molar-refractivity contribution in [3.05, 3.63) is 81.7 Å². The second-order valence-electron chi connectivity index (χ2n) is 8.09. The van der Waals surface area contributed by atoms with E-state index in [9.17, 15) is 14.4 Å². The summed E-state index contributed by atoms with van der Waals surface area (Å²) in [5.74, 6) is -1.59. The summed E-state index contributed by atoms with van der Waals surface area (Å²) in [4.78, 5) is 43.8. The summed E-state index contributed by atoms with van der Waals surface area (Å²) in [6.45, 7) is 7.39. The molecule has 2 aromatic heterocycles. The summed E-state index contributed by atoms with van der Waals surface area (Å²) in [6.07, 6.45) is 0. The molecule has 2 aromatic carbocycles. The molecule has 0 saturated carbocycles. The summed E-state index contributed by atoms with van der Waals surface area (Å²) in [5, 5.41) is 3.75. The van der Waals surface area contributed by atoms with Crippen molar-refractivity contribution in [2.24, 2.45) is 0 Å². The molecule has 0 unspecified atom stereocenters. The highest BCUT2D eigenvalue weighted by Crippen LogP contribution is 2.35. The molecule has 184 valence electrons. The molecule has 0 saturated heterocycles. The quantitative estimate of drug-likeness (QED) is 0.303. The zero-order chi connectivity index (χ0) is 25.8. The lowest BCUT2D eigenvalue weighted by Gasteiger charge is -2.11. The van der Waals surface area contributed by atoms with E-state index < -0.39 is 17.8 Å². The lowest BCUT2D eigenvalue weighted by Crippen LogP contribution is -2.15. The minimum absolute atomic E-state index is 0.148. The van der Waals surface area contributed by atoms with Gasteiger partial charge in [0.2, 0.25) is 0 Å². The highest BCUT2D eigenvalue weighted by Gasteiger charge is 2.28. The molecular formula is C28H26N2O5S. The summed E-state index contributed by atoms with van der Waals surface area (Å²) in [5.41, 5.74) is 4.27. The highest BCUT2D eigenvalue weighted by atomic mass is 32.1. The highest BCUT2D eigenvalue weighted by molar-refractivity contribution is 7.18. The molecular weight excluding hydrogens is 476 g/mol. The van der Waals surface area contributed by atoms with Gasteiger partial charge in [0, 0.05) is 10.9 Å². The number of aryl methyl sites for hydroxylation is 1. The van der Waals surface area contributed by atoms with Gasteiger partial charge in [-0.15, -0.1) is 11.3 Å². The van der Waals surface area contributed by atoms with E-state index in [1.807, 2.05) is 55.5 Å². The molecule has 4 rings (SSSR count). The van der Waals surface area contributed by atoms with Crippen LogP contribution in [0.4, 0.5) is 5.00 Å². The maximum Gasteiger partial charge on any atom is 0.348 e. The number of nitrogens with zero attached hydrogens (tertiary/aromatic N) is 1. The Kier molecular flexibility index (Phi) is 7.45. The number of pyridine rings is 1. The van der Waals surface area contributed by atoms with Gasteiger partial charge >= 0.3 is 11.9 Å². The minimum Gasteiger partial charge on any atom is -0.462 e. The van der Waals surface area contributed by atoms with Gasteiger partial charge in [0.25, 0.3) is 5.91 Å². The summed E-state index contributed by atoms with van der Waals surface area (Å²) in [6, 6.07) is 17.0. The fraction of sp³-hybridized carbons (Fsp3) is 0.214. The largest absolute Gasteiger partial charge is 0.462 e. The van der Waals surface area contributed by atoms with Gasteiger partial charge in [0.1, 0.15) is 9.88 Å². The molecule has 0 fully saturated rings. The Morgan fingerprint density at radius 1 is 0.917 bits per heavy atom. The second kappa shape index (κ2) is 10.7. The van der Waals surface area contributed by atoms with Crippen LogP contribution in [0.2, 0.25) is 0 Å². The predicted octanol–water partition coefficient (Wildman–Crippen LogP) is 6.19. The Bertz CT molecular complexity index is 1460. The molecule has 0 radical (unpaired) electrons. The number of amides is 1. The zero-order valence-corrected chi connectivity index (χ0v) is 21.3. The number of anilines is 1. The number of fused-ring (bicyclic) bond motifs is 1. The fourth-order valence-electron chi connectivity index (χ4n) is 3.85. The standard InChI is InChI=1S/C28H26N2O5S/c1-5-34-27(32)23-17(4)24(28(33)35-6-2)36-26(23)30-25(31)20-15-22(18-13-11-16(3)12-14-18)29-21-10-8-7-9-19(20)21/h7-15H,5-6H2,1-4H3,(H,30,31). The molecule has 4 aromatic rings. The molecule has 7 nitrogen and oxygen atoms in total. The van der Waals surface area contributed by atoms with Crippen LogP contribution < -0.4 is 5.32 Å². The molecule has 36 heavy (non-hydrogen) atoms. The van der Waals surface area contributed by atoms with E-state index in [1.54, 1.807) is 26.8 Å². The average molecular weight is 503 g/mol. The van der Waals surface area contributed by atoms with E-state index in [2.05, 4.69) is 5.32 Å². The predicted molar refractivity (Wildman–Crippen MR) is 141 cm³/mol. The summed E-state index contributed by atoms with van der Waals surface area (Å²) >= 11 is 0.996. The third-order valence-electron chi connectivity index (χ3n) is 5.62. The molecule has 0 aliphatic rings. The van der Waals surface area contributed by atoms with E-state index in [-0.39, 0.29) is 28.7 Å². The maximum atomic E-state index is 13.6. The van der Waals surface area contributed by atoms with Gasteiger partial charge in [0.15, 0.2) is 0 Å². The lowest BCUT2D eigenvalue weighted by molar-refractivity contribution is 0.0527. The summed E-state index contributed by atoms with van der Waals surface area (Å²) in [7, 11) is 0. The van der Waals surface area contributed by atoms with Crippen molar-refractivity contribution in [1.82, 2.24) is 4.98 Å². The third-order valence-corrected chi connectivity index (χ3v) is 6.81. The Morgan fingerprint density at radius 2 is 1.58 bits per heavy atom. The number of thiophene rings is 1. The van der Waals surface area contributed by atoms with E-state index in [0.29, 0.717) is 27.7 Å². The van der Waals surface area contributed by atoms with Crippen molar-refractivity contribution < 1.29 is 23.9 Å². The Morgan fingerprint density at radius 3 is 2.28 bits per heavy atom. The fourth-order valence-corrected chi connectivity index (χ4v) is 4.93. The molecule has 0 aliphatic heterocycles. The second-order valence-corrected chi connectivity index (χ2v) is 9.11. The van der Waals surface area contributed by atoms with Gasteiger partial charge in [-0.25, -0.2) is 14.6 Å². The van der Waals surface area contributed by atoms with Crippen LogP contribution in [0, 0.1) is 13.8 Å². The van der Waals surface area contributed by atoms with Crippen molar-refractivity contribution in [2.45, 2.75) is 27.7 Å².